The van der Waals surface area contributed by atoms with Gasteiger partial charge in [0.15, 0.2) is 5.82 Å². The third-order valence-electron chi connectivity index (χ3n) is 5.20. The second-order valence-corrected chi connectivity index (χ2v) is 7.05. The van der Waals surface area contributed by atoms with Crippen LogP contribution < -0.4 is 5.32 Å². The quantitative estimate of drug-likeness (QED) is 0.459. The van der Waals surface area contributed by atoms with E-state index in [0.717, 1.165) is 16.3 Å². The predicted molar refractivity (Wildman–Crippen MR) is 117 cm³/mol. The predicted octanol–water partition coefficient (Wildman–Crippen LogP) is 4.84. The molecule has 0 radical (unpaired) electrons. The highest BCUT2D eigenvalue weighted by molar-refractivity contribution is 6.10. The van der Waals surface area contributed by atoms with Crippen LogP contribution in [0.2, 0.25) is 0 Å². The Labute approximate surface area is 172 Å². The Hall–Kier alpha value is -4.19. The van der Waals surface area contributed by atoms with Crippen LogP contribution in [0.3, 0.4) is 0 Å². The zero-order valence-corrected chi connectivity index (χ0v) is 16.2. The first-order chi connectivity index (χ1) is 14.6. The molecule has 0 atom stereocenters. The summed E-state index contributed by atoms with van der Waals surface area (Å²) >= 11 is 0. The Bertz CT molecular complexity index is 1420. The van der Waals surface area contributed by atoms with Crippen molar-refractivity contribution in [2.24, 2.45) is 0 Å². The van der Waals surface area contributed by atoms with Gasteiger partial charge in [-0.15, -0.1) is 0 Å². The Kier molecular flexibility index (Phi) is 4.17. The fraction of sp³-hybridized carbons (Fsp3) is 0.0417. The molecule has 6 nitrogen and oxygen atoms in total. The third kappa shape index (κ3) is 2.95. The van der Waals surface area contributed by atoms with E-state index in [2.05, 4.69) is 15.4 Å². The lowest BCUT2D eigenvalue weighted by Gasteiger charge is -2.10. The minimum atomic E-state index is -0.268. The summed E-state index contributed by atoms with van der Waals surface area (Å²) in [5.41, 5.74) is 2.65. The van der Waals surface area contributed by atoms with E-state index in [1.54, 1.807) is 29.1 Å². The number of anilines is 1. The molecule has 30 heavy (non-hydrogen) atoms. The summed E-state index contributed by atoms with van der Waals surface area (Å²) in [6.07, 6.45) is 1.55. The number of phenolic OH excluding ortho intramolecular Hbond substituents is 1. The lowest BCUT2D eigenvalue weighted by Crippen LogP contribution is -2.13. The van der Waals surface area contributed by atoms with Crippen LogP contribution in [0.25, 0.3) is 27.5 Å². The van der Waals surface area contributed by atoms with Crippen LogP contribution in [0.4, 0.5) is 5.69 Å². The molecule has 0 unspecified atom stereocenters. The summed E-state index contributed by atoms with van der Waals surface area (Å²) in [5, 5.41) is 19.9. The van der Waals surface area contributed by atoms with Crippen LogP contribution in [0.15, 0.2) is 79.0 Å². The smallest absolute Gasteiger partial charge is 0.259 e. The number of hydrogen-bond donors (Lipinski definition) is 2. The van der Waals surface area contributed by atoms with Crippen molar-refractivity contribution in [3.8, 4) is 11.6 Å². The first-order valence-electron chi connectivity index (χ1n) is 9.55. The van der Waals surface area contributed by atoms with Gasteiger partial charge in [-0.3, -0.25) is 4.79 Å². The fourth-order valence-electron chi connectivity index (χ4n) is 3.63. The number of carbonyl (C=O) groups excluding carboxylic acids is 1. The molecule has 5 rings (SSSR count). The normalized spacial score (nSPS) is 11.1. The Morgan fingerprint density at radius 2 is 1.73 bits per heavy atom. The maximum atomic E-state index is 13.0. The number of aromatic hydroxyl groups is 1. The highest BCUT2D eigenvalue weighted by Gasteiger charge is 2.17. The number of aromatic nitrogens is 3. The molecule has 0 aliphatic carbocycles. The molecule has 0 saturated heterocycles. The molecular formula is C24H18N4O2. The molecule has 0 spiro atoms. The van der Waals surface area contributed by atoms with E-state index < -0.39 is 0 Å². The van der Waals surface area contributed by atoms with E-state index in [-0.39, 0.29) is 11.7 Å². The highest BCUT2D eigenvalue weighted by atomic mass is 16.3. The summed E-state index contributed by atoms with van der Waals surface area (Å²) in [4.78, 5) is 17.6. The number of benzene rings is 3. The number of carbonyl (C=O) groups is 1. The summed E-state index contributed by atoms with van der Waals surface area (Å²) in [5.74, 6) is 0.561. The molecule has 3 aromatic carbocycles. The molecule has 5 aromatic rings. The number of nitrogens with zero attached hydrogens (tertiary/aromatic N) is 3. The van der Waals surface area contributed by atoms with Gasteiger partial charge in [0.25, 0.3) is 5.91 Å². The summed E-state index contributed by atoms with van der Waals surface area (Å²) in [7, 11) is 0. The van der Waals surface area contributed by atoms with Gasteiger partial charge in [0.2, 0.25) is 0 Å². The first kappa shape index (κ1) is 17.9. The van der Waals surface area contributed by atoms with Crippen molar-refractivity contribution >= 4 is 33.3 Å². The van der Waals surface area contributed by atoms with Gasteiger partial charge in [0.05, 0.1) is 23.0 Å². The molecule has 0 aliphatic heterocycles. The van der Waals surface area contributed by atoms with Crippen molar-refractivity contribution in [1.82, 2.24) is 14.8 Å². The molecule has 0 fully saturated rings. The molecule has 2 aromatic heterocycles. The van der Waals surface area contributed by atoms with Gasteiger partial charge in [-0.25, -0.2) is 9.67 Å². The molecule has 0 aliphatic rings. The van der Waals surface area contributed by atoms with Crippen LogP contribution in [0.5, 0.6) is 5.75 Å². The van der Waals surface area contributed by atoms with Gasteiger partial charge >= 0.3 is 0 Å². The van der Waals surface area contributed by atoms with Crippen LogP contribution in [0, 0.1) is 6.92 Å². The lowest BCUT2D eigenvalue weighted by molar-refractivity contribution is 0.102. The second-order valence-electron chi connectivity index (χ2n) is 7.05. The van der Waals surface area contributed by atoms with Crippen LogP contribution in [-0.2, 0) is 0 Å². The Morgan fingerprint density at radius 3 is 2.63 bits per heavy atom. The maximum absolute atomic E-state index is 13.0. The number of pyridine rings is 1. The van der Waals surface area contributed by atoms with E-state index >= 15 is 0 Å². The van der Waals surface area contributed by atoms with Crippen molar-refractivity contribution in [1.29, 1.82) is 0 Å². The molecule has 0 saturated carbocycles. The van der Waals surface area contributed by atoms with Crippen LogP contribution in [-0.4, -0.2) is 25.8 Å². The number of amides is 1. The van der Waals surface area contributed by atoms with Crippen molar-refractivity contribution in [2.75, 3.05) is 5.32 Å². The number of hydrogen-bond acceptors (Lipinski definition) is 4. The van der Waals surface area contributed by atoms with Crippen LogP contribution >= 0.6 is 0 Å². The molecule has 1 amide bonds. The van der Waals surface area contributed by atoms with Gasteiger partial charge in [-0.1, -0.05) is 42.5 Å². The Balaban J connectivity index is 1.49. The van der Waals surface area contributed by atoms with E-state index in [1.165, 1.54) is 0 Å². The molecular weight excluding hydrogens is 376 g/mol. The number of fused-ring (bicyclic) bond motifs is 2. The highest BCUT2D eigenvalue weighted by Crippen LogP contribution is 2.30. The number of para-hydroxylation sites is 1. The van der Waals surface area contributed by atoms with E-state index in [1.807, 2.05) is 61.5 Å². The zero-order valence-electron chi connectivity index (χ0n) is 16.2. The molecule has 2 N–H and O–H groups in total. The second kappa shape index (κ2) is 7.00. The first-order valence-corrected chi connectivity index (χ1v) is 9.55. The van der Waals surface area contributed by atoms with Gasteiger partial charge in [0, 0.05) is 21.8 Å². The molecule has 6 heteroatoms. The third-order valence-corrected chi connectivity index (χ3v) is 5.20. The molecule has 2 heterocycles. The zero-order chi connectivity index (χ0) is 20.7. The minimum absolute atomic E-state index is 0.176. The van der Waals surface area contributed by atoms with Crippen molar-refractivity contribution in [3.63, 3.8) is 0 Å². The molecule has 0 bridgehead atoms. The summed E-state index contributed by atoms with van der Waals surface area (Å²) in [6.45, 7) is 1.84. The number of phenols is 1. The lowest BCUT2D eigenvalue weighted by atomic mass is 10.1. The standard InChI is InChI=1S/C24H18N4O2/c1-15-19(14-25-28(15)23-13-12-16-6-2-3-9-20(16)26-23)24(30)27-21-10-4-8-18-17(21)7-5-11-22(18)29/h2-14,29H,1H3,(H,27,30). The summed E-state index contributed by atoms with van der Waals surface area (Å²) in [6, 6.07) is 22.4. The maximum Gasteiger partial charge on any atom is 0.259 e. The van der Waals surface area contributed by atoms with Crippen molar-refractivity contribution in [2.45, 2.75) is 6.92 Å². The minimum Gasteiger partial charge on any atom is -0.507 e. The van der Waals surface area contributed by atoms with Crippen molar-refractivity contribution < 1.29 is 9.90 Å². The topological polar surface area (TPSA) is 80.0 Å². The number of nitrogens with one attached hydrogen (secondary N) is 1. The van der Waals surface area contributed by atoms with E-state index in [9.17, 15) is 9.90 Å². The van der Waals surface area contributed by atoms with E-state index in [4.69, 9.17) is 0 Å². The van der Waals surface area contributed by atoms with Gasteiger partial charge in [-0.05, 0) is 37.3 Å². The van der Waals surface area contributed by atoms with Gasteiger partial charge in [0.1, 0.15) is 5.75 Å². The SMILES string of the molecule is Cc1c(C(=O)Nc2cccc3c(O)cccc23)cnn1-c1ccc2ccccc2n1. The van der Waals surface area contributed by atoms with Crippen LogP contribution in [0.1, 0.15) is 16.1 Å². The monoisotopic (exact) mass is 394 g/mol. The average Bonchev–Trinajstić information content (AvgIpc) is 3.15. The van der Waals surface area contributed by atoms with E-state index in [0.29, 0.717) is 28.1 Å². The molecule has 146 valence electrons. The Morgan fingerprint density at radius 1 is 0.933 bits per heavy atom. The largest absolute Gasteiger partial charge is 0.507 e. The summed E-state index contributed by atoms with van der Waals surface area (Å²) < 4.78 is 1.66. The van der Waals surface area contributed by atoms with Gasteiger partial charge in [-0.2, -0.15) is 5.10 Å². The van der Waals surface area contributed by atoms with Gasteiger partial charge < -0.3 is 10.4 Å². The van der Waals surface area contributed by atoms with Crippen molar-refractivity contribution in [3.05, 3.63) is 90.3 Å². The number of rotatable bonds is 3. The average molecular weight is 394 g/mol. The fourth-order valence-corrected chi connectivity index (χ4v) is 3.63.